The summed E-state index contributed by atoms with van der Waals surface area (Å²) < 4.78 is 0. The van der Waals surface area contributed by atoms with Crippen molar-refractivity contribution in [1.29, 1.82) is 0 Å². The highest BCUT2D eigenvalue weighted by atomic mass is 16.1. The number of rotatable bonds is 2. The van der Waals surface area contributed by atoms with Gasteiger partial charge < -0.3 is 11.1 Å². The highest BCUT2D eigenvalue weighted by molar-refractivity contribution is 6.07. The van der Waals surface area contributed by atoms with Crippen molar-refractivity contribution >= 4 is 22.8 Å². The Kier molecular flexibility index (Phi) is 3.11. The van der Waals surface area contributed by atoms with Crippen LogP contribution in [0.5, 0.6) is 0 Å². The van der Waals surface area contributed by atoms with Crippen LogP contribution in [0.15, 0.2) is 18.2 Å². The number of nitrogens with two attached hydrogens (primary N) is 1. The minimum Gasteiger partial charge on any atom is -0.368 e. The molecule has 1 heterocycles. The number of terminal acetylenes is 1. The summed E-state index contributed by atoms with van der Waals surface area (Å²) in [5.41, 5.74) is 7.34. The smallest absolute Gasteiger partial charge is 0.251 e. The van der Waals surface area contributed by atoms with Crippen LogP contribution in [0.25, 0.3) is 10.9 Å². The largest absolute Gasteiger partial charge is 0.368 e. The van der Waals surface area contributed by atoms with Gasteiger partial charge in [-0.25, -0.2) is 9.97 Å². The summed E-state index contributed by atoms with van der Waals surface area (Å²) >= 11 is 0. The van der Waals surface area contributed by atoms with E-state index in [0.717, 1.165) is 0 Å². The minimum atomic E-state index is -0.202. The Labute approximate surface area is 104 Å². The number of hydrogen-bond acceptors (Lipinski definition) is 4. The highest BCUT2D eigenvalue weighted by Crippen LogP contribution is 2.21. The van der Waals surface area contributed by atoms with Gasteiger partial charge in [0.15, 0.2) is 0 Å². The Morgan fingerprint density at radius 1 is 1.50 bits per heavy atom. The molecule has 0 aliphatic rings. The van der Waals surface area contributed by atoms with Gasteiger partial charge in [-0.1, -0.05) is 6.07 Å². The Balaban J connectivity index is 2.81. The number of benzene rings is 1. The number of nitrogen functional groups attached to an aromatic ring is 1. The van der Waals surface area contributed by atoms with Gasteiger partial charge in [-0.05, 0) is 12.1 Å². The quantitative estimate of drug-likeness (QED) is 0.759. The van der Waals surface area contributed by atoms with Crippen molar-refractivity contribution in [2.45, 2.75) is 6.42 Å². The van der Waals surface area contributed by atoms with Crippen molar-refractivity contribution in [1.82, 2.24) is 15.3 Å². The van der Waals surface area contributed by atoms with Crippen molar-refractivity contribution in [2.24, 2.45) is 0 Å². The van der Waals surface area contributed by atoms with Crippen LogP contribution in [0.2, 0.25) is 0 Å². The molecular weight excluding hydrogens is 228 g/mol. The Bertz CT molecular complexity index is 658. The summed E-state index contributed by atoms with van der Waals surface area (Å²) in [4.78, 5) is 20.0. The Morgan fingerprint density at radius 2 is 2.28 bits per heavy atom. The fraction of sp³-hybridized carbons (Fsp3) is 0.154. The van der Waals surface area contributed by atoms with E-state index in [4.69, 9.17) is 12.2 Å². The van der Waals surface area contributed by atoms with Gasteiger partial charge in [-0.15, -0.1) is 12.3 Å². The lowest BCUT2D eigenvalue weighted by Gasteiger charge is -2.08. The molecule has 5 heteroatoms. The minimum absolute atomic E-state index is 0.154. The van der Waals surface area contributed by atoms with Crippen LogP contribution in [0.3, 0.4) is 0 Å². The average Bonchev–Trinajstić information content (AvgIpc) is 2.37. The van der Waals surface area contributed by atoms with Crippen LogP contribution < -0.4 is 11.1 Å². The van der Waals surface area contributed by atoms with Crippen LogP contribution in [-0.2, 0) is 6.42 Å². The first-order valence-corrected chi connectivity index (χ1v) is 5.38. The molecule has 18 heavy (non-hydrogen) atoms. The molecule has 2 aromatic rings. The van der Waals surface area contributed by atoms with E-state index < -0.39 is 0 Å². The molecule has 3 N–H and O–H groups in total. The van der Waals surface area contributed by atoms with Crippen LogP contribution in [0, 0.1) is 12.3 Å². The van der Waals surface area contributed by atoms with E-state index in [1.807, 2.05) is 0 Å². The molecule has 1 aromatic heterocycles. The molecule has 5 nitrogen and oxygen atoms in total. The van der Waals surface area contributed by atoms with Gasteiger partial charge in [-0.2, -0.15) is 0 Å². The summed E-state index contributed by atoms with van der Waals surface area (Å²) in [6, 6.07) is 5.24. The Hall–Kier alpha value is -2.61. The normalized spacial score (nSPS) is 10.0. The molecule has 0 saturated heterocycles. The van der Waals surface area contributed by atoms with E-state index in [-0.39, 0.29) is 11.9 Å². The number of carbonyl (C=O) groups is 1. The van der Waals surface area contributed by atoms with Crippen molar-refractivity contribution in [3.63, 3.8) is 0 Å². The van der Waals surface area contributed by atoms with Crippen molar-refractivity contribution in [3.05, 3.63) is 29.5 Å². The lowest BCUT2D eigenvalue weighted by atomic mass is 10.0. The number of hydrogen-bond donors (Lipinski definition) is 2. The number of anilines is 1. The van der Waals surface area contributed by atoms with Crippen LogP contribution in [0.4, 0.5) is 5.95 Å². The van der Waals surface area contributed by atoms with E-state index in [1.54, 1.807) is 25.2 Å². The van der Waals surface area contributed by atoms with Crippen LogP contribution >= 0.6 is 0 Å². The third-order valence-corrected chi connectivity index (χ3v) is 2.56. The lowest BCUT2D eigenvalue weighted by Crippen LogP contribution is -2.19. The molecule has 0 unspecified atom stereocenters. The molecular formula is C13H12N4O. The summed E-state index contributed by atoms with van der Waals surface area (Å²) in [7, 11) is 1.57. The van der Waals surface area contributed by atoms with Gasteiger partial charge in [0.1, 0.15) is 0 Å². The molecule has 0 aliphatic heterocycles. The van der Waals surface area contributed by atoms with E-state index in [2.05, 4.69) is 21.2 Å². The zero-order valence-electron chi connectivity index (χ0n) is 9.90. The van der Waals surface area contributed by atoms with Gasteiger partial charge in [-0.3, -0.25) is 4.79 Å². The zero-order chi connectivity index (χ0) is 13.1. The summed E-state index contributed by atoms with van der Waals surface area (Å²) in [5, 5.41) is 3.24. The topological polar surface area (TPSA) is 80.9 Å². The number of fused-ring (bicyclic) bond motifs is 1. The van der Waals surface area contributed by atoms with Crippen LogP contribution in [-0.4, -0.2) is 22.9 Å². The summed E-state index contributed by atoms with van der Waals surface area (Å²) in [6.45, 7) is 0. The molecule has 0 aliphatic carbocycles. The van der Waals surface area contributed by atoms with Crippen molar-refractivity contribution in [3.8, 4) is 12.3 Å². The maximum atomic E-state index is 11.8. The predicted molar refractivity (Wildman–Crippen MR) is 69.9 cm³/mol. The van der Waals surface area contributed by atoms with Crippen molar-refractivity contribution < 1.29 is 4.79 Å². The molecule has 0 fully saturated rings. The summed E-state index contributed by atoms with van der Waals surface area (Å²) in [5.74, 6) is 2.46. The Morgan fingerprint density at radius 3 is 2.94 bits per heavy atom. The number of nitrogens with one attached hydrogen (secondary N) is 1. The predicted octanol–water partition coefficient (Wildman–Crippen LogP) is 0.747. The average molecular weight is 240 g/mol. The SMILES string of the molecule is C#CCc1nc(N)nc2cccc(C(=O)NC)c12. The van der Waals surface area contributed by atoms with E-state index in [1.165, 1.54) is 0 Å². The molecule has 0 atom stereocenters. The second-order valence-corrected chi connectivity index (χ2v) is 3.69. The molecule has 0 spiro atoms. The van der Waals surface area contributed by atoms with Gasteiger partial charge in [0, 0.05) is 12.4 Å². The molecule has 0 bridgehead atoms. The first kappa shape index (κ1) is 11.9. The molecule has 1 aromatic carbocycles. The van der Waals surface area contributed by atoms with Crippen molar-refractivity contribution in [2.75, 3.05) is 12.8 Å². The monoisotopic (exact) mass is 240 g/mol. The number of amides is 1. The first-order valence-electron chi connectivity index (χ1n) is 5.38. The maximum absolute atomic E-state index is 11.8. The molecule has 0 radical (unpaired) electrons. The van der Waals surface area contributed by atoms with E-state index in [0.29, 0.717) is 28.6 Å². The van der Waals surface area contributed by atoms with Gasteiger partial charge >= 0.3 is 0 Å². The maximum Gasteiger partial charge on any atom is 0.251 e. The second-order valence-electron chi connectivity index (χ2n) is 3.69. The fourth-order valence-electron chi connectivity index (χ4n) is 1.83. The zero-order valence-corrected chi connectivity index (χ0v) is 9.90. The van der Waals surface area contributed by atoms with E-state index >= 15 is 0 Å². The molecule has 0 saturated carbocycles. The highest BCUT2D eigenvalue weighted by Gasteiger charge is 2.14. The molecule has 1 amide bonds. The standard InChI is InChI=1S/C13H12N4O/c1-3-5-9-11-8(12(18)15-2)6-4-7-10(11)17-13(14)16-9/h1,4,6-7H,5H2,2H3,(H,15,18)(H2,14,16,17). The summed E-state index contributed by atoms with van der Waals surface area (Å²) in [6.07, 6.45) is 5.61. The number of carbonyl (C=O) groups excluding carboxylic acids is 1. The fourth-order valence-corrected chi connectivity index (χ4v) is 1.83. The van der Waals surface area contributed by atoms with E-state index in [9.17, 15) is 4.79 Å². The second kappa shape index (κ2) is 4.72. The lowest BCUT2D eigenvalue weighted by molar-refractivity contribution is 0.0964. The third kappa shape index (κ3) is 1.96. The third-order valence-electron chi connectivity index (χ3n) is 2.56. The first-order chi connectivity index (χ1) is 8.67. The van der Waals surface area contributed by atoms with Crippen LogP contribution in [0.1, 0.15) is 16.1 Å². The van der Waals surface area contributed by atoms with Gasteiger partial charge in [0.2, 0.25) is 5.95 Å². The number of aromatic nitrogens is 2. The van der Waals surface area contributed by atoms with Gasteiger partial charge in [0.25, 0.3) is 5.91 Å². The number of nitrogens with zero attached hydrogens (tertiary/aromatic N) is 2. The van der Waals surface area contributed by atoms with Gasteiger partial charge in [0.05, 0.1) is 23.2 Å². The molecule has 90 valence electrons. The molecule has 2 rings (SSSR count).